The summed E-state index contributed by atoms with van der Waals surface area (Å²) in [4.78, 5) is 5.02. The van der Waals surface area contributed by atoms with Crippen LogP contribution in [-0.2, 0) is 0 Å². The molecule has 0 bridgehead atoms. The molecular weight excluding hydrogens is 458 g/mol. The monoisotopic (exact) mass is 481 g/mol. The van der Waals surface area contributed by atoms with Crippen LogP contribution >= 0.6 is 0 Å². The van der Waals surface area contributed by atoms with Gasteiger partial charge in [-0.05, 0) is 67.2 Å². The van der Waals surface area contributed by atoms with E-state index in [1.807, 2.05) is 0 Å². The van der Waals surface area contributed by atoms with E-state index < -0.39 is 0 Å². The summed E-state index contributed by atoms with van der Waals surface area (Å²) < 4.78 is 0. The lowest BCUT2D eigenvalue weighted by Gasteiger charge is -2.20. The van der Waals surface area contributed by atoms with Crippen LogP contribution in [0.25, 0.3) is 76.4 Å². The summed E-state index contributed by atoms with van der Waals surface area (Å²) in [6, 6.07) is 50.3. The van der Waals surface area contributed by atoms with Crippen LogP contribution in [0.3, 0.4) is 0 Å². The van der Waals surface area contributed by atoms with E-state index in [0.717, 1.165) is 11.0 Å². The van der Waals surface area contributed by atoms with Gasteiger partial charge in [-0.25, -0.2) is 4.98 Å². The molecule has 0 atom stereocenters. The Morgan fingerprint density at radius 2 is 0.737 bits per heavy atom. The highest BCUT2D eigenvalue weighted by Gasteiger charge is 2.20. The number of rotatable bonds is 2. The SMILES string of the molecule is c1ccc2cc(-c3c4ccccc4c(-c4c5ccccc5nc5ccccc45)c4ccccc34)ccc2c1. The van der Waals surface area contributed by atoms with Crippen molar-refractivity contribution in [3.05, 3.63) is 140 Å². The molecule has 0 unspecified atom stereocenters. The Morgan fingerprint density at radius 1 is 0.316 bits per heavy atom. The van der Waals surface area contributed by atoms with Crippen LogP contribution in [0.5, 0.6) is 0 Å². The molecule has 0 saturated carbocycles. The van der Waals surface area contributed by atoms with E-state index in [1.165, 1.54) is 65.3 Å². The van der Waals surface area contributed by atoms with Crippen molar-refractivity contribution >= 4 is 54.1 Å². The van der Waals surface area contributed by atoms with Gasteiger partial charge in [-0.3, -0.25) is 0 Å². The van der Waals surface area contributed by atoms with Crippen LogP contribution in [0.1, 0.15) is 0 Å². The lowest BCUT2D eigenvalue weighted by atomic mass is 9.84. The van der Waals surface area contributed by atoms with Crippen LogP contribution in [0, 0.1) is 0 Å². The van der Waals surface area contributed by atoms with Gasteiger partial charge >= 0.3 is 0 Å². The number of aromatic nitrogens is 1. The molecule has 0 aliphatic rings. The lowest BCUT2D eigenvalue weighted by Crippen LogP contribution is -1.94. The second-order valence-corrected chi connectivity index (χ2v) is 9.92. The summed E-state index contributed by atoms with van der Waals surface area (Å²) >= 11 is 0. The number of hydrogen-bond donors (Lipinski definition) is 0. The summed E-state index contributed by atoms with van der Waals surface area (Å²) in [6.07, 6.45) is 0. The van der Waals surface area contributed by atoms with Gasteiger partial charge < -0.3 is 0 Å². The predicted molar refractivity (Wildman–Crippen MR) is 163 cm³/mol. The lowest BCUT2D eigenvalue weighted by molar-refractivity contribution is 1.50. The van der Waals surface area contributed by atoms with Crippen LogP contribution in [0.2, 0.25) is 0 Å². The van der Waals surface area contributed by atoms with Crippen molar-refractivity contribution in [1.82, 2.24) is 4.98 Å². The molecule has 0 radical (unpaired) electrons. The van der Waals surface area contributed by atoms with Crippen molar-refractivity contribution in [3.63, 3.8) is 0 Å². The molecule has 0 aliphatic heterocycles. The molecule has 0 saturated heterocycles. The molecular formula is C37H23N. The molecule has 8 aromatic rings. The first kappa shape index (κ1) is 21.1. The fraction of sp³-hybridized carbons (Fsp3) is 0. The standard InChI is InChI=1S/C37H23N/c1-2-12-25-23-26(22-21-24(25)11-1)35-27-13-3-5-15-29(27)36(30-16-6-4-14-28(30)35)37-31-17-7-9-19-33(31)38-34-20-10-8-18-32(34)37/h1-23H. The van der Waals surface area contributed by atoms with Crippen LogP contribution < -0.4 is 0 Å². The van der Waals surface area contributed by atoms with E-state index in [1.54, 1.807) is 0 Å². The number of pyridine rings is 1. The van der Waals surface area contributed by atoms with E-state index in [2.05, 4.69) is 140 Å². The molecule has 0 aliphatic carbocycles. The van der Waals surface area contributed by atoms with E-state index >= 15 is 0 Å². The van der Waals surface area contributed by atoms with Gasteiger partial charge in [-0.2, -0.15) is 0 Å². The first-order valence-electron chi connectivity index (χ1n) is 13.1. The summed E-state index contributed by atoms with van der Waals surface area (Å²) in [5.41, 5.74) is 7.10. The fourth-order valence-electron chi connectivity index (χ4n) is 6.16. The molecule has 1 heteroatoms. The van der Waals surface area contributed by atoms with Gasteiger partial charge in [0.05, 0.1) is 11.0 Å². The summed E-state index contributed by atoms with van der Waals surface area (Å²) in [5, 5.41) is 9.93. The largest absolute Gasteiger partial charge is 0.248 e. The minimum Gasteiger partial charge on any atom is -0.248 e. The van der Waals surface area contributed by atoms with E-state index in [9.17, 15) is 0 Å². The van der Waals surface area contributed by atoms with Crippen molar-refractivity contribution < 1.29 is 0 Å². The van der Waals surface area contributed by atoms with Crippen LogP contribution in [0.15, 0.2) is 140 Å². The maximum Gasteiger partial charge on any atom is 0.0715 e. The summed E-state index contributed by atoms with van der Waals surface area (Å²) in [7, 11) is 0. The summed E-state index contributed by atoms with van der Waals surface area (Å²) in [6.45, 7) is 0. The van der Waals surface area contributed by atoms with Gasteiger partial charge in [0, 0.05) is 16.3 Å². The number of benzene rings is 7. The first-order chi connectivity index (χ1) is 18.9. The zero-order valence-corrected chi connectivity index (χ0v) is 20.7. The molecule has 0 amide bonds. The number of hydrogen-bond acceptors (Lipinski definition) is 1. The zero-order chi connectivity index (χ0) is 25.1. The Bertz CT molecular complexity index is 2080. The van der Waals surface area contributed by atoms with Crippen LogP contribution in [0.4, 0.5) is 0 Å². The second kappa shape index (κ2) is 8.26. The molecule has 1 nitrogen and oxygen atoms in total. The smallest absolute Gasteiger partial charge is 0.0715 e. The molecule has 38 heavy (non-hydrogen) atoms. The molecule has 0 fully saturated rings. The van der Waals surface area contributed by atoms with Gasteiger partial charge in [-0.1, -0.05) is 121 Å². The molecule has 8 rings (SSSR count). The highest BCUT2D eigenvalue weighted by atomic mass is 14.7. The minimum absolute atomic E-state index is 1.02. The Kier molecular flexibility index (Phi) is 4.59. The molecule has 0 N–H and O–H groups in total. The third-order valence-electron chi connectivity index (χ3n) is 7.81. The Morgan fingerprint density at radius 3 is 1.32 bits per heavy atom. The third kappa shape index (κ3) is 3.09. The number of fused-ring (bicyclic) bond motifs is 5. The molecule has 1 heterocycles. The Hall–Kier alpha value is -5.01. The maximum absolute atomic E-state index is 5.02. The Balaban J connectivity index is 1.59. The average Bonchev–Trinajstić information content (AvgIpc) is 2.98. The van der Waals surface area contributed by atoms with Crippen LogP contribution in [-0.4, -0.2) is 4.98 Å². The third-order valence-corrected chi connectivity index (χ3v) is 7.81. The van der Waals surface area contributed by atoms with E-state index in [0.29, 0.717) is 0 Å². The van der Waals surface area contributed by atoms with E-state index in [-0.39, 0.29) is 0 Å². The fourth-order valence-corrected chi connectivity index (χ4v) is 6.16. The highest BCUT2D eigenvalue weighted by molar-refractivity contribution is 6.26. The van der Waals surface area contributed by atoms with Gasteiger partial charge in [0.2, 0.25) is 0 Å². The number of nitrogens with zero attached hydrogens (tertiary/aromatic N) is 1. The quantitative estimate of drug-likeness (QED) is 0.224. The van der Waals surface area contributed by atoms with E-state index in [4.69, 9.17) is 4.98 Å². The first-order valence-corrected chi connectivity index (χ1v) is 13.1. The van der Waals surface area contributed by atoms with Gasteiger partial charge in [-0.15, -0.1) is 0 Å². The topological polar surface area (TPSA) is 12.9 Å². The van der Waals surface area contributed by atoms with Gasteiger partial charge in [0.25, 0.3) is 0 Å². The summed E-state index contributed by atoms with van der Waals surface area (Å²) in [5.74, 6) is 0. The van der Waals surface area contributed by atoms with Gasteiger partial charge in [0.15, 0.2) is 0 Å². The second-order valence-electron chi connectivity index (χ2n) is 9.92. The van der Waals surface area contributed by atoms with Gasteiger partial charge in [0.1, 0.15) is 0 Å². The van der Waals surface area contributed by atoms with Crippen molar-refractivity contribution in [2.24, 2.45) is 0 Å². The van der Waals surface area contributed by atoms with Crippen molar-refractivity contribution in [2.75, 3.05) is 0 Å². The van der Waals surface area contributed by atoms with Crippen molar-refractivity contribution in [3.8, 4) is 22.3 Å². The maximum atomic E-state index is 5.02. The molecule has 7 aromatic carbocycles. The molecule has 176 valence electrons. The number of para-hydroxylation sites is 2. The van der Waals surface area contributed by atoms with Crippen molar-refractivity contribution in [1.29, 1.82) is 0 Å². The normalized spacial score (nSPS) is 11.7. The zero-order valence-electron chi connectivity index (χ0n) is 20.7. The highest BCUT2D eigenvalue weighted by Crippen LogP contribution is 2.47. The Labute approximate surface area is 220 Å². The van der Waals surface area contributed by atoms with Crippen molar-refractivity contribution in [2.45, 2.75) is 0 Å². The minimum atomic E-state index is 1.02. The predicted octanol–water partition coefficient (Wildman–Crippen LogP) is 10.2. The molecule has 1 aromatic heterocycles. The average molecular weight is 482 g/mol. The molecule has 0 spiro atoms.